The fourth-order valence-electron chi connectivity index (χ4n) is 3.05. The van der Waals surface area contributed by atoms with Gasteiger partial charge in [0, 0.05) is 11.7 Å². The zero-order valence-corrected chi connectivity index (χ0v) is 14.5. The molecule has 124 valence electrons. The Labute approximate surface area is 139 Å². The van der Waals surface area contributed by atoms with Crippen LogP contribution in [0.25, 0.3) is 0 Å². The molecular formula is C18H17F2NO2Si. The van der Waals surface area contributed by atoms with Crippen LogP contribution in [0.2, 0.25) is 13.1 Å². The van der Waals surface area contributed by atoms with E-state index in [4.69, 9.17) is 0 Å². The minimum absolute atomic E-state index is 0.0331. The molecule has 0 aromatic heterocycles. The first kappa shape index (κ1) is 16.5. The van der Waals surface area contributed by atoms with Gasteiger partial charge in [-0.3, -0.25) is 14.5 Å². The molecule has 1 aliphatic heterocycles. The fraction of sp³-hybridized carbons (Fsp3) is 0.222. The highest BCUT2D eigenvalue weighted by molar-refractivity contribution is 6.77. The van der Waals surface area contributed by atoms with Crippen molar-refractivity contribution in [3.8, 4) is 0 Å². The molecule has 0 spiro atoms. The standard InChI is InChI=1S/C18H17F2NO2Si/c1-24(2,10-14-15(19)8-5-9-16(14)20)11-21-17(22)12-6-3-4-7-13(12)18(21)23/h3-9H,10-11H2,1-2H3. The molecule has 1 heterocycles. The SMILES string of the molecule is C[Si](C)(Cc1c(F)cccc1F)CN1C(=O)c2ccccc2C1=O. The minimum atomic E-state index is -2.29. The molecule has 0 atom stereocenters. The molecule has 0 N–H and O–H groups in total. The van der Waals surface area contributed by atoms with Gasteiger partial charge in [0.05, 0.1) is 19.2 Å². The van der Waals surface area contributed by atoms with E-state index in [0.29, 0.717) is 11.1 Å². The third-order valence-electron chi connectivity index (χ3n) is 4.18. The number of rotatable bonds is 4. The van der Waals surface area contributed by atoms with E-state index in [1.165, 1.54) is 23.1 Å². The van der Waals surface area contributed by atoms with Gasteiger partial charge in [-0.1, -0.05) is 31.3 Å². The Kier molecular flexibility index (Phi) is 4.09. The lowest BCUT2D eigenvalue weighted by Crippen LogP contribution is -2.47. The molecule has 0 saturated heterocycles. The summed E-state index contributed by atoms with van der Waals surface area (Å²) in [4.78, 5) is 26.1. The number of imide groups is 1. The summed E-state index contributed by atoms with van der Waals surface area (Å²) >= 11 is 0. The molecule has 6 heteroatoms. The maximum Gasteiger partial charge on any atom is 0.261 e. The second-order valence-electron chi connectivity index (χ2n) is 6.78. The van der Waals surface area contributed by atoms with Crippen LogP contribution < -0.4 is 0 Å². The molecular weight excluding hydrogens is 328 g/mol. The fourth-order valence-corrected chi connectivity index (χ4v) is 5.60. The Bertz CT molecular complexity index is 780. The van der Waals surface area contributed by atoms with E-state index >= 15 is 0 Å². The summed E-state index contributed by atoms with van der Waals surface area (Å²) < 4.78 is 27.8. The van der Waals surface area contributed by atoms with Crippen LogP contribution in [-0.4, -0.2) is 31.0 Å². The molecule has 1 aliphatic rings. The van der Waals surface area contributed by atoms with Gasteiger partial charge >= 0.3 is 0 Å². The van der Waals surface area contributed by atoms with Crippen LogP contribution in [0, 0.1) is 11.6 Å². The van der Waals surface area contributed by atoms with Gasteiger partial charge in [0.2, 0.25) is 0 Å². The van der Waals surface area contributed by atoms with Crippen LogP contribution in [0.1, 0.15) is 26.3 Å². The Morgan fingerprint density at radius 1 is 0.875 bits per heavy atom. The van der Waals surface area contributed by atoms with Crippen molar-refractivity contribution in [1.29, 1.82) is 0 Å². The third kappa shape index (κ3) is 2.89. The first-order valence-corrected chi connectivity index (χ1v) is 11.1. The molecule has 0 unspecified atom stereocenters. The van der Waals surface area contributed by atoms with Gasteiger partial charge in [0.1, 0.15) is 11.6 Å². The predicted octanol–water partition coefficient (Wildman–Crippen LogP) is 3.59. The van der Waals surface area contributed by atoms with Crippen LogP contribution in [0.5, 0.6) is 0 Å². The summed E-state index contributed by atoms with van der Waals surface area (Å²) in [5, 5.41) is 0. The summed E-state index contributed by atoms with van der Waals surface area (Å²) in [5.74, 6) is -1.83. The summed E-state index contributed by atoms with van der Waals surface area (Å²) in [6, 6.07) is 10.7. The van der Waals surface area contributed by atoms with Gasteiger partial charge in [-0.25, -0.2) is 8.78 Å². The smallest absolute Gasteiger partial charge is 0.261 e. The Morgan fingerprint density at radius 3 is 1.88 bits per heavy atom. The van der Waals surface area contributed by atoms with Gasteiger partial charge in [0.15, 0.2) is 0 Å². The number of benzene rings is 2. The summed E-state index contributed by atoms with van der Waals surface area (Å²) in [5.41, 5.74) is 0.819. The molecule has 0 radical (unpaired) electrons. The van der Waals surface area contributed by atoms with E-state index in [9.17, 15) is 18.4 Å². The Balaban J connectivity index is 1.83. The third-order valence-corrected chi connectivity index (χ3v) is 6.66. The number of hydrogen-bond acceptors (Lipinski definition) is 2. The molecule has 0 fully saturated rings. The quantitative estimate of drug-likeness (QED) is 0.627. The van der Waals surface area contributed by atoms with Crippen molar-refractivity contribution in [1.82, 2.24) is 4.90 Å². The second kappa shape index (κ2) is 5.94. The van der Waals surface area contributed by atoms with Crippen molar-refractivity contribution in [2.45, 2.75) is 19.1 Å². The van der Waals surface area contributed by atoms with E-state index in [-0.39, 0.29) is 29.6 Å². The van der Waals surface area contributed by atoms with E-state index in [2.05, 4.69) is 0 Å². The predicted molar refractivity (Wildman–Crippen MR) is 89.4 cm³/mol. The lowest BCUT2D eigenvalue weighted by atomic mass is 10.1. The molecule has 3 nitrogen and oxygen atoms in total. The monoisotopic (exact) mass is 345 g/mol. The van der Waals surface area contributed by atoms with Crippen LogP contribution in [0.4, 0.5) is 8.78 Å². The van der Waals surface area contributed by atoms with Crippen molar-refractivity contribution in [2.75, 3.05) is 6.17 Å². The zero-order chi connectivity index (χ0) is 17.5. The number of carbonyl (C=O) groups is 2. The van der Waals surface area contributed by atoms with E-state index in [1.54, 1.807) is 24.3 Å². The maximum absolute atomic E-state index is 13.9. The molecule has 2 aromatic rings. The van der Waals surface area contributed by atoms with Gasteiger partial charge in [0.25, 0.3) is 11.8 Å². The molecule has 24 heavy (non-hydrogen) atoms. The van der Waals surface area contributed by atoms with Crippen molar-refractivity contribution in [2.24, 2.45) is 0 Å². The van der Waals surface area contributed by atoms with Crippen molar-refractivity contribution in [3.05, 3.63) is 70.8 Å². The Morgan fingerprint density at radius 2 is 1.38 bits per heavy atom. The maximum atomic E-state index is 13.9. The van der Waals surface area contributed by atoms with Crippen LogP contribution >= 0.6 is 0 Å². The normalized spacial score (nSPS) is 14.2. The summed E-state index contributed by atoms with van der Waals surface area (Å²) in [6.45, 7) is 3.84. The van der Waals surface area contributed by atoms with Crippen LogP contribution in [0.15, 0.2) is 42.5 Å². The van der Waals surface area contributed by atoms with Crippen LogP contribution in [0.3, 0.4) is 0 Å². The molecule has 2 aromatic carbocycles. The zero-order valence-electron chi connectivity index (χ0n) is 13.5. The number of carbonyl (C=O) groups excluding carboxylic acids is 2. The molecule has 0 saturated carbocycles. The van der Waals surface area contributed by atoms with Crippen molar-refractivity contribution < 1.29 is 18.4 Å². The van der Waals surface area contributed by atoms with E-state index in [0.717, 1.165) is 0 Å². The average molecular weight is 345 g/mol. The summed E-state index contributed by atoms with van der Waals surface area (Å²) in [6.07, 6.45) is 0.229. The van der Waals surface area contributed by atoms with Gasteiger partial charge < -0.3 is 0 Å². The second-order valence-corrected chi connectivity index (χ2v) is 11.8. The largest absolute Gasteiger partial charge is 0.277 e. The lowest BCUT2D eigenvalue weighted by Gasteiger charge is -2.27. The first-order chi connectivity index (χ1) is 11.3. The average Bonchev–Trinajstić information content (AvgIpc) is 2.76. The number of amides is 2. The minimum Gasteiger partial charge on any atom is -0.277 e. The van der Waals surface area contributed by atoms with Crippen molar-refractivity contribution >= 4 is 19.9 Å². The first-order valence-electron chi connectivity index (χ1n) is 7.68. The van der Waals surface area contributed by atoms with Gasteiger partial charge in [-0.15, -0.1) is 0 Å². The molecule has 0 bridgehead atoms. The molecule has 3 rings (SSSR count). The van der Waals surface area contributed by atoms with Gasteiger partial charge in [-0.2, -0.15) is 0 Å². The molecule has 2 amide bonds. The highest BCUT2D eigenvalue weighted by atomic mass is 28.3. The number of halogens is 2. The highest BCUT2D eigenvalue weighted by Gasteiger charge is 2.39. The van der Waals surface area contributed by atoms with E-state index in [1.807, 2.05) is 13.1 Å². The Hall–Kier alpha value is -2.34. The molecule has 0 aliphatic carbocycles. The topological polar surface area (TPSA) is 37.4 Å². The van der Waals surface area contributed by atoms with Crippen LogP contribution in [-0.2, 0) is 6.04 Å². The lowest BCUT2D eigenvalue weighted by molar-refractivity contribution is 0.0677. The highest BCUT2D eigenvalue weighted by Crippen LogP contribution is 2.26. The number of hydrogen-bond donors (Lipinski definition) is 0. The van der Waals surface area contributed by atoms with E-state index < -0.39 is 19.7 Å². The van der Waals surface area contributed by atoms with Crippen molar-refractivity contribution in [3.63, 3.8) is 0 Å². The number of fused-ring (bicyclic) bond motifs is 1. The van der Waals surface area contributed by atoms with Gasteiger partial charge in [-0.05, 0) is 30.3 Å². The summed E-state index contributed by atoms with van der Waals surface area (Å²) in [7, 11) is -2.29. The number of nitrogens with zero attached hydrogens (tertiary/aromatic N) is 1.